The van der Waals surface area contributed by atoms with E-state index in [-0.39, 0.29) is 24.8 Å². The third-order valence-corrected chi connectivity index (χ3v) is 2.43. The van der Waals surface area contributed by atoms with Crippen LogP contribution in [-0.2, 0) is 6.54 Å². The molecule has 2 nitrogen and oxygen atoms in total. The van der Waals surface area contributed by atoms with Gasteiger partial charge in [-0.25, -0.2) is 0 Å². The van der Waals surface area contributed by atoms with Gasteiger partial charge in [0, 0.05) is 12.2 Å². The SMILES string of the molecule is Cl.Cl.NCc1ccc(-c2ccc(N)cc2)cc1. The second-order valence-electron chi connectivity index (χ2n) is 3.52. The minimum absolute atomic E-state index is 0. The molecule has 0 saturated carbocycles. The maximum absolute atomic E-state index is 5.63. The van der Waals surface area contributed by atoms with Crippen molar-refractivity contribution in [1.29, 1.82) is 0 Å². The van der Waals surface area contributed by atoms with Gasteiger partial charge >= 0.3 is 0 Å². The highest BCUT2D eigenvalue weighted by molar-refractivity contribution is 5.85. The van der Waals surface area contributed by atoms with Crippen molar-refractivity contribution in [3.63, 3.8) is 0 Å². The molecule has 2 aromatic carbocycles. The summed E-state index contributed by atoms with van der Waals surface area (Å²) < 4.78 is 0. The average Bonchev–Trinajstić information content (AvgIpc) is 2.30. The highest BCUT2D eigenvalue weighted by Gasteiger charge is 1.96. The molecule has 0 aliphatic heterocycles. The first-order valence-electron chi connectivity index (χ1n) is 4.94. The summed E-state index contributed by atoms with van der Waals surface area (Å²) in [7, 11) is 0. The first-order chi connectivity index (χ1) is 7.29. The number of halogens is 2. The molecule has 0 aliphatic rings. The highest BCUT2D eigenvalue weighted by atomic mass is 35.5. The number of rotatable bonds is 2. The lowest BCUT2D eigenvalue weighted by Gasteiger charge is -2.03. The summed E-state index contributed by atoms with van der Waals surface area (Å²) in [4.78, 5) is 0. The largest absolute Gasteiger partial charge is 0.399 e. The van der Waals surface area contributed by atoms with Crippen molar-refractivity contribution in [2.24, 2.45) is 5.73 Å². The van der Waals surface area contributed by atoms with Crippen LogP contribution in [0, 0.1) is 0 Å². The van der Waals surface area contributed by atoms with Crippen LogP contribution in [0.15, 0.2) is 48.5 Å². The van der Waals surface area contributed by atoms with Crippen LogP contribution in [0.25, 0.3) is 11.1 Å². The third kappa shape index (κ3) is 3.93. The molecule has 0 spiro atoms. The van der Waals surface area contributed by atoms with Crippen molar-refractivity contribution < 1.29 is 0 Å². The van der Waals surface area contributed by atoms with Crippen molar-refractivity contribution in [2.45, 2.75) is 6.54 Å². The Morgan fingerprint density at radius 2 is 1.12 bits per heavy atom. The number of nitrogen functional groups attached to an aromatic ring is 1. The zero-order valence-corrected chi connectivity index (χ0v) is 10.9. The lowest BCUT2D eigenvalue weighted by atomic mass is 10.0. The molecule has 0 bridgehead atoms. The van der Waals surface area contributed by atoms with Crippen molar-refractivity contribution in [2.75, 3.05) is 5.73 Å². The quantitative estimate of drug-likeness (QED) is 0.824. The van der Waals surface area contributed by atoms with Gasteiger partial charge in [-0.15, -0.1) is 24.8 Å². The Bertz CT molecular complexity index is 438. The Kier molecular flexibility index (Phi) is 6.66. The Balaban J connectivity index is 0.00000128. The number of hydrogen-bond donors (Lipinski definition) is 2. The van der Waals surface area contributed by atoms with E-state index in [0.717, 1.165) is 11.3 Å². The first-order valence-corrected chi connectivity index (χ1v) is 4.94. The lowest BCUT2D eigenvalue weighted by molar-refractivity contribution is 1.07. The van der Waals surface area contributed by atoms with Crippen LogP contribution in [0.4, 0.5) is 5.69 Å². The van der Waals surface area contributed by atoms with Gasteiger partial charge < -0.3 is 11.5 Å². The van der Waals surface area contributed by atoms with Crippen LogP contribution >= 0.6 is 24.8 Å². The second kappa shape index (κ2) is 7.17. The van der Waals surface area contributed by atoms with Crippen LogP contribution in [-0.4, -0.2) is 0 Å². The van der Waals surface area contributed by atoms with E-state index in [4.69, 9.17) is 11.5 Å². The molecule has 0 unspecified atom stereocenters. The van der Waals surface area contributed by atoms with Crippen LogP contribution in [0.3, 0.4) is 0 Å². The smallest absolute Gasteiger partial charge is 0.0314 e. The van der Waals surface area contributed by atoms with E-state index in [1.807, 2.05) is 36.4 Å². The molecule has 92 valence electrons. The molecule has 0 radical (unpaired) electrons. The summed E-state index contributed by atoms with van der Waals surface area (Å²) in [5, 5.41) is 0. The first kappa shape index (κ1) is 15.8. The highest BCUT2D eigenvalue weighted by Crippen LogP contribution is 2.20. The van der Waals surface area contributed by atoms with E-state index >= 15 is 0 Å². The molecule has 4 N–H and O–H groups in total. The van der Waals surface area contributed by atoms with Crippen molar-refractivity contribution >= 4 is 30.5 Å². The van der Waals surface area contributed by atoms with E-state index in [2.05, 4.69) is 12.1 Å². The van der Waals surface area contributed by atoms with Crippen molar-refractivity contribution in [3.05, 3.63) is 54.1 Å². The van der Waals surface area contributed by atoms with E-state index in [9.17, 15) is 0 Å². The lowest BCUT2D eigenvalue weighted by Crippen LogP contribution is -1.95. The predicted octanol–water partition coefficient (Wildman–Crippen LogP) is 3.24. The van der Waals surface area contributed by atoms with Crippen molar-refractivity contribution in [1.82, 2.24) is 0 Å². The molecule has 0 saturated heterocycles. The fraction of sp³-hybridized carbons (Fsp3) is 0.0769. The van der Waals surface area contributed by atoms with Gasteiger partial charge in [-0.1, -0.05) is 36.4 Å². The van der Waals surface area contributed by atoms with Gasteiger partial charge in [0.25, 0.3) is 0 Å². The molecular formula is C13H16Cl2N2. The topological polar surface area (TPSA) is 52.0 Å². The normalized spacial score (nSPS) is 9.00. The Hall–Kier alpha value is -1.22. The summed E-state index contributed by atoms with van der Waals surface area (Å²) in [5.41, 5.74) is 15.5. The molecule has 0 amide bonds. The van der Waals surface area contributed by atoms with E-state index in [1.54, 1.807) is 0 Å². The zero-order chi connectivity index (χ0) is 10.7. The number of anilines is 1. The molecule has 0 atom stereocenters. The van der Waals surface area contributed by atoms with Crippen LogP contribution in [0.5, 0.6) is 0 Å². The minimum Gasteiger partial charge on any atom is -0.399 e. The summed E-state index contributed by atoms with van der Waals surface area (Å²) in [5.74, 6) is 0. The number of hydrogen-bond acceptors (Lipinski definition) is 2. The summed E-state index contributed by atoms with van der Waals surface area (Å²) in [6, 6.07) is 16.1. The Morgan fingerprint density at radius 3 is 1.53 bits per heavy atom. The molecule has 0 aliphatic carbocycles. The Morgan fingerprint density at radius 1 is 0.706 bits per heavy atom. The summed E-state index contributed by atoms with van der Waals surface area (Å²) in [6.07, 6.45) is 0. The van der Waals surface area contributed by atoms with Gasteiger partial charge in [0.15, 0.2) is 0 Å². The van der Waals surface area contributed by atoms with Crippen LogP contribution in [0.1, 0.15) is 5.56 Å². The molecule has 2 rings (SSSR count). The molecular weight excluding hydrogens is 255 g/mol. The van der Waals surface area contributed by atoms with Crippen LogP contribution in [0.2, 0.25) is 0 Å². The fourth-order valence-corrected chi connectivity index (χ4v) is 1.51. The molecule has 0 fully saturated rings. The van der Waals surface area contributed by atoms with Gasteiger partial charge in [-0.3, -0.25) is 0 Å². The Labute approximate surface area is 114 Å². The predicted molar refractivity (Wildman–Crippen MR) is 78.7 cm³/mol. The summed E-state index contributed by atoms with van der Waals surface area (Å²) >= 11 is 0. The fourth-order valence-electron chi connectivity index (χ4n) is 1.51. The number of benzene rings is 2. The molecule has 4 heteroatoms. The van der Waals surface area contributed by atoms with E-state index in [0.29, 0.717) is 6.54 Å². The third-order valence-electron chi connectivity index (χ3n) is 2.43. The van der Waals surface area contributed by atoms with Gasteiger partial charge in [0.1, 0.15) is 0 Å². The van der Waals surface area contributed by atoms with Gasteiger partial charge in [-0.2, -0.15) is 0 Å². The minimum atomic E-state index is 0. The van der Waals surface area contributed by atoms with Crippen molar-refractivity contribution in [3.8, 4) is 11.1 Å². The number of nitrogens with two attached hydrogens (primary N) is 2. The van der Waals surface area contributed by atoms with Crippen LogP contribution < -0.4 is 11.5 Å². The maximum atomic E-state index is 5.63. The van der Waals surface area contributed by atoms with Gasteiger partial charge in [-0.05, 0) is 28.8 Å². The molecule has 0 heterocycles. The van der Waals surface area contributed by atoms with E-state index < -0.39 is 0 Å². The van der Waals surface area contributed by atoms with Gasteiger partial charge in [0.2, 0.25) is 0 Å². The van der Waals surface area contributed by atoms with E-state index in [1.165, 1.54) is 11.1 Å². The summed E-state index contributed by atoms with van der Waals surface area (Å²) in [6.45, 7) is 0.585. The maximum Gasteiger partial charge on any atom is 0.0314 e. The standard InChI is InChI=1S/C13H14N2.2ClH/c14-9-10-1-3-11(4-2-10)12-5-7-13(15)8-6-12;;/h1-8H,9,14-15H2;2*1H. The monoisotopic (exact) mass is 270 g/mol. The molecule has 0 aromatic heterocycles. The average molecular weight is 271 g/mol. The second-order valence-corrected chi connectivity index (χ2v) is 3.52. The van der Waals surface area contributed by atoms with Gasteiger partial charge in [0.05, 0.1) is 0 Å². The zero-order valence-electron chi connectivity index (χ0n) is 9.30. The molecule has 2 aromatic rings. The molecule has 17 heavy (non-hydrogen) atoms.